The van der Waals surface area contributed by atoms with Gasteiger partial charge in [0.1, 0.15) is 0 Å². The Bertz CT molecular complexity index is 685. The molecule has 0 aliphatic heterocycles. The van der Waals surface area contributed by atoms with Crippen molar-refractivity contribution in [2.45, 2.75) is 251 Å². The van der Waals surface area contributed by atoms with E-state index in [4.69, 9.17) is 0 Å². The Morgan fingerprint density at radius 2 is 0.521 bits per heavy atom. The maximum atomic E-state index is 10.3. The van der Waals surface area contributed by atoms with Crippen LogP contribution in [0.1, 0.15) is 245 Å². The Hall–Kier alpha value is -1.08. The van der Waals surface area contributed by atoms with E-state index in [2.05, 4.69) is 62.5 Å². The van der Waals surface area contributed by atoms with Gasteiger partial charge in [0.05, 0.1) is 6.10 Å². The summed E-state index contributed by atoms with van der Waals surface area (Å²) in [5.74, 6) is 0. The largest absolute Gasteiger partial charge is 0.393 e. The van der Waals surface area contributed by atoms with E-state index >= 15 is 0 Å². The van der Waals surface area contributed by atoms with E-state index in [9.17, 15) is 5.11 Å². The van der Waals surface area contributed by atoms with Crippen molar-refractivity contribution >= 4 is 0 Å². The normalized spacial score (nSPS) is 13.0. The zero-order chi connectivity index (χ0) is 34.7. The van der Waals surface area contributed by atoms with Crippen LogP contribution in [0, 0.1) is 0 Å². The quantitative estimate of drug-likeness (QED) is 0.0509. The topological polar surface area (TPSA) is 20.2 Å². The highest BCUT2D eigenvalue weighted by Gasteiger charge is 2.03. The van der Waals surface area contributed by atoms with Crippen molar-refractivity contribution in [3.8, 4) is 0 Å². The van der Waals surface area contributed by atoms with Gasteiger partial charge in [0.2, 0.25) is 0 Å². The first kappa shape index (κ1) is 46.9. The summed E-state index contributed by atoms with van der Waals surface area (Å²) in [6, 6.07) is 0. The lowest BCUT2D eigenvalue weighted by Crippen LogP contribution is -2.05. The van der Waals surface area contributed by atoms with Gasteiger partial charge < -0.3 is 5.11 Å². The lowest BCUT2D eigenvalue weighted by atomic mass is 10.0. The summed E-state index contributed by atoms with van der Waals surface area (Å²) in [5.41, 5.74) is 0. The van der Waals surface area contributed by atoms with Crippen LogP contribution >= 0.6 is 0 Å². The second-order valence-corrected chi connectivity index (χ2v) is 14.9. The van der Waals surface area contributed by atoms with Crippen molar-refractivity contribution in [3.05, 3.63) is 48.6 Å². The molecule has 0 radical (unpaired) electrons. The minimum absolute atomic E-state index is 0.0654. The van der Waals surface area contributed by atoms with Crippen molar-refractivity contribution in [3.63, 3.8) is 0 Å². The van der Waals surface area contributed by atoms with Gasteiger partial charge in [-0.1, -0.05) is 217 Å². The molecule has 0 aromatic heterocycles. The van der Waals surface area contributed by atoms with Gasteiger partial charge in [-0.05, 0) is 77.0 Å². The minimum Gasteiger partial charge on any atom is -0.393 e. The number of allylic oxidation sites excluding steroid dienone is 8. The van der Waals surface area contributed by atoms with Crippen LogP contribution in [0.15, 0.2) is 48.6 Å². The van der Waals surface area contributed by atoms with Crippen LogP contribution in [-0.2, 0) is 0 Å². The number of rotatable bonds is 40. The van der Waals surface area contributed by atoms with Gasteiger partial charge in [0, 0.05) is 0 Å². The molecule has 0 aliphatic carbocycles. The van der Waals surface area contributed by atoms with E-state index in [-0.39, 0.29) is 6.10 Å². The molecule has 0 fully saturated rings. The van der Waals surface area contributed by atoms with Crippen molar-refractivity contribution < 1.29 is 5.11 Å². The van der Waals surface area contributed by atoms with Crippen molar-refractivity contribution in [1.82, 2.24) is 0 Å². The number of hydrogen-bond acceptors (Lipinski definition) is 1. The zero-order valence-corrected chi connectivity index (χ0v) is 33.1. The Labute approximate surface area is 304 Å². The molecule has 1 heteroatoms. The number of aliphatic hydroxyl groups is 1. The monoisotopic (exact) mass is 669 g/mol. The highest BCUT2D eigenvalue weighted by atomic mass is 16.3. The van der Waals surface area contributed by atoms with Crippen LogP contribution in [0.25, 0.3) is 0 Å². The third-order valence-corrected chi connectivity index (χ3v) is 9.98. The lowest BCUT2D eigenvalue weighted by molar-refractivity contribution is 0.147. The Morgan fingerprint density at radius 3 is 0.833 bits per heavy atom. The molecule has 0 amide bonds. The third-order valence-electron chi connectivity index (χ3n) is 9.98. The molecule has 0 bridgehead atoms. The van der Waals surface area contributed by atoms with Crippen LogP contribution < -0.4 is 0 Å². The molecule has 0 aromatic carbocycles. The molecule has 0 saturated heterocycles. The molecule has 1 N–H and O–H groups in total. The first-order valence-corrected chi connectivity index (χ1v) is 22.1. The fourth-order valence-corrected chi connectivity index (χ4v) is 6.65. The van der Waals surface area contributed by atoms with Crippen molar-refractivity contribution in [2.24, 2.45) is 0 Å². The molecular weight excluding hydrogens is 581 g/mol. The molecule has 0 heterocycles. The maximum absolute atomic E-state index is 10.3. The smallest absolute Gasteiger partial charge is 0.0540 e. The third kappa shape index (κ3) is 42.9. The molecule has 0 aromatic rings. The van der Waals surface area contributed by atoms with E-state index in [1.165, 1.54) is 205 Å². The zero-order valence-electron chi connectivity index (χ0n) is 33.1. The fourth-order valence-electron chi connectivity index (χ4n) is 6.65. The van der Waals surface area contributed by atoms with E-state index < -0.39 is 0 Å². The fraction of sp³-hybridized carbons (Fsp3) is 0.830. The van der Waals surface area contributed by atoms with E-state index in [1.54, 1.807) is 0 Å². The van der Waals surface area contributed by atoms with Gasteiger partial charge in [-0.25, -0.2) is 0 Å². The van der Waals surface area contributed by atoms with E-state index in [0.717, 1.165) is 25.7 Å². The second-order valence-electron chi connectivity index (χ2n) is 14.9. The van der Waals surface area contributed by atoms with Crippen LogP contribution in [-0.4, -0.2) is 11.2 Å². The molecule has 0 rings (SSSR count). The molecule has 0 spiro atoms. The van der Waals surface area contributed by atoms with Gasteiger partial charge in [-0.15, -0.1) is 0 Å². The van der Waals surface area contributed by atoms with Crippen molar-refractivity contribution in [2.75, 3.05) is 0 Å². The summed E-state index contributed by atoms with van der Waals surface area (Å²) >= 11 is 0. The summed E-state index contributed by atoms with van der Waals surface area (Å²) in [6.07, 6.45) is 66.4. The lowest BCUT2D eigenvalue weighted by Gasteiger charge is -2.10. The van der Waals surface area contributed by atoms with E-state index in [1.807, 2.05) is 0 Å². The van der Waals surface area contributed by atoms with E-state index in [0.29, 0.717) is 0 Å². The summed E-state index contributed by atoms with van der Waals surface area (Å²) in [7, 11) is 0. The maximum Gasteiger partial charge on any atom is 0.0540 e. The minimum atomic E-state index is -0.0654. The van der Waals surface area contributed by atoms with Crippen LogP contribution in [0.4, 0.5) is 0 Å². The van der Waals surface area contributed by atoms with Gasteiger partial charge in [-0.3, -0.25) is 0 Å². The highest BCUT2D eigenvalue weighted by Crippen LogP contribution is 2.16. The average molecular weight is 669 g/mol. The predicted molar refractivity (Wildman–Crippen MR) is 220 cm³/mol. The molecule has 0 aliphatic rings. The molecule has 1 unspecified atom stereocenters. The van der Waals surface area contributed by atoms with Gasteiger partial charge in [0.15, 0.2) is 0 Å². The highest BCUT2D eigenvalue weighted by molar-refractivity contribution is 4.93. The standard InChI is InChI=1S/C47H88O/c1-3-5-7-9-11-13-15-17-19-21-22-23-24-25-26-27-28-29-30-32-34-36-38-40-42-44-46-47(48)45-43-41-39-37-35-33-31-20-18-16-14-12-10-8-6-4-2/h12,14,18,20,26-27,29-30,47-48H,3-11,13,15-17,19,21-25,28,31-46H2,1-2H3/b14-12-,20-18-,27-26-,30-29-. The number of hydrogen-bond donors (Lipinski definition) is 1. The number of aliphatic hydroxyl groups excluding tert-OH is 1. The molecule has 48 heavy (non-hydrogen) atoms. The summed E-state index contributed by atoms with van der Waals surface area (Å²) in [5, 5.41) is 10.3. The molecule has 1 atom stereocenters. The SMILES string of the molecule is CCCCC/C=C\C/C=C\CCCCCCCCC(O)CCCCCCCC/C=C\C/C=C\CCCCCCCCCCCCCCC. The predicted octanol–water partition coefficient (Wildman–Crippen LogP) is 16.7. The summed E-state index contributed by atoms with van der Waals surface area (Å²) < 4.78 is 0. The Morgan fingerprint density at radius 1 is 0.292 bits per heavy atom. The average Bonchev–Trinajstić information content (AvgIpc) is 3.09. The summed E-state index contributed by atoms with van der Waals surface area (Å²) in [4.78, 5) is 0. The van der Waals surface area contributed by atoms with Crippen LogP contribution in [0.3, 0.4) is 0 Å². The van der Waals surface area contributed by atoms with Crippen LogP contribution in [0.5, 0.6) is 0 Å². The van der Waals surface area contributed by atoms with Crippen LogP contribution in [0.2, 0.25) is 0 Å². The molecule has 0 saturated carbocycles. The van der Waals surface area contributed by atoms with Crippen molar-refractivity contribution in [1.29, 1.82) is 0 Å². The molecular formula is C47H88O. The summed E-state index contributed by atoms with van der Waals surface area (Å²) in [6.45, 7) is 4.56. The van der Waals surface area contributed by atoms with Gasteiger partial charge >= 0.3 is 0 Å². The first-order chi connectivity index (χ1) is 23.8. The van der Waals surface area contributed by atoms with Gasteiger partial charge in [-0.2, -0.15) is 0 Å². The second kappa shape index (κ2) is 43.9. The Balaban J connectivity index is 3.28. The van der Waals surface area contributed by atoms with Gasteiger partial charge in [0.25, 0.3) is 0 Å². The molecule has 1 nitrogen and oxygen atoms in total. The number of unbranched alkanes of at least 4 members (excludes halogenated alkanes) is 28. The Kier molecular flexibility index (Phi) is 43.0. The molecule has 282 valence electrons. The first-order valence-electron chi connectivity index (χ1n) is 22.1.